The molecular weight excluding hydrogens is 328 g/mol. The van der Waals surface area contributed by atoms with Gasteiger partial charge in [-0.3, -0.25) is 4.79 Å². The molecule has 1 N–H and O–H groups in total. The fourth-order valence-electron chi connectivity index (χ4n) is 2.97. The number of amides is 1. The predicted molar refractivity (Wildman–Crippen MR) is 98.7 cm³/mol. The molecule has 0 aliphatic rings. The minimum Gasteiger partial charge on any atom is -0.355 e. The molecule has 130 valence electrons. The van der Waals surface area contributed by atoms with Gasteiger partial charge in [0.2, 0.25) is 0 Å². The number of carbonyl (C=O) groups excluding carboxylic acids is 1. The maximum absolute atomic E-state index is 12.3. The first kappa shape index (κ1) is 16.1. The van der Waals surface area contributed by atoms with Crippen molar-refractivity contribution < 1.29 is 9.32 Å². The SMILES string of the molecule is Cc1nc2ccccc2n1CCNC(=O)c1cc(-c2ccccc2)on1. The van der Waals surface area contributed by atoms with Crippen molar-refractivity contribution in [3.63, 3.8) is 0 Å². The molecule has 6 nitrogen and oxygen atoms in total. The van der Waals surface area contributed by atoms with E-state index in [4.69, 9.17) is 4.52 Å². The number of nitrogens with one attached hydrogen (secondary N) is 1. The maximum atomic E-state index is 12.3. The molecule has 0 saturated heterocycles. The molecule has 0 atom stereocenters. The molecule has 0 bridgehead atoms. The predicted octanol–water partition coefficient (Wildman–Crippen LogP) is 3.43. The summed E-state index contributed by atoms with van der Waals surface area (Å²) in [6, 6.07) is 19.2. The molecule has 0 spiro atoms. The van der Waals surface area contributed by atoms with E-state index in [0.29, 0.717) is 18.8 Å². The number of para-hydroxylation sites is 2. The summed E-state index contributed by atoms with van der Waals surface area (Å²) in [5, 5.41) is 6.75. The Labute approximate surface area is 150 Å². The number of aromatic nitrogens is 3. The van der Waals surface area contributed by atoms with Crippen LogP contribution in [0.3, 0.4) is 0 Å². The van der Waals surface area contributed by atoms with Crippen LogP contribution in [0.4, 0.5) is 0 Å². The first-order valence-electron chi connectivity index (χ1n) is 8.44. The van der Waals surface area contributed by atoms with Crippen molar-refractivity contribution in [1.82, 2.24) is 20.0 Å². The standard InChI is InChI=1S/C20H18N4O2/c1-14-22-16-9-5-6-10-18(16)24(14)12-11-21-20(25)17-13-19(26-23-17)15-7-3-2-4-8-15/h2-10,13H,11-12H2,1H3,(H,21,25). The summed E-state index contributed by atoms with van der Waals surface area (Å²) < 4.78 is 7.37. The van der Waals surface area contributed by atoms with Crippen molar-refractivity contribution in [3.8, 4) is 11.3 Å². The van der Waals surface area contributed by atoms with Gasteiger partial charge < -0.3 is 14.4 Å². The number of fused-ring (bicyclic) bond motifs is 1. The summed E-state index contributed by atoms with van der Waals surface area (Å²) in [5.41, 5.74) is 3.18. The van der Waals surface area contributed by atoms with E-state index < -0.39 is 0 Å². The fraction of sp³-hybridized carbons (Fsp3) is 0.150. The second kappa shape index (κ2) is 6.84. The van der Waals surface area contributed by atoms with Gasteiger partial charge in [-0.05, 0) is 19.1 Å². The van der Waals surface area contributed by atoms with E-state index in [2.05, 4.69) is 20.0 Å². The molecule has 0 aliphatic heterocycles. The fourth-order valence-corrected chi connectivity index (χ4v) is 2.97. The van der Waals surface area contributed by atoms with E-state index in [0.717, 1.165) is 22.4 Å². The van der Waals surface area contributed by atoms with Crippen LogP contribution in [0.15, 0.2) is 65.2 Å². The Balaban J connectivity index is 1.41. The van der Waals surface area contributed by atoms with Crippen molar-refractivity contribution >= 4 is 16.9 Å². The quantitative estimate of drug-likeness (QED) is 0.601. The second-order valence-corrected chi connectivity index (χ2v) is 6.00. The molecule has 0 saturated carbocycles. The van der Waals surface area contributed by atoms with Gasteiger partial charge in [-0.1, -0.05) is 47.6 Å². The molecule has 4 rings (SSSR count). The Morgan fingerprint density at radius 3 is 2.73 bits per heavy atom. The highest BCUT2D eigenvalue weighted by atomic mass is 16.5. The van der Waals surface area contributed by atoms with Crippen LogP contribution in [0.5, 0.6) is 0 Å². The molecule has 26 heavy (non-hydrogen) atoms. The Kier molecular flexibility index (Phi) is 4.23. The molecule has 1 amide bonds. The molecule has 0 unspecified atom stereocenters. The number of hydrogen-bond donors (Lipinski definition) is 1. The number of benzene rings is 2. The molecule has 2 aromatic carbocycles. The van der Waals surface area contributed by atoms with Crippen LogP contribution in [-0.4, -0.2) is 27.2 Å². The lowest BCUT2D eigenvalue weighted by Crippen LogP contribution is -2.27. The molecular formula is C20H18N4O2. The minimum absolute atomic E-state index is 0.252. The van der Waals surface area contributed by atoms with Crippen molar-refractivity contribution in [2.45, 2.75) is 13.5 Å². The lowest BCUT2D eigenvalue weighted by molar-refractivity contribution is 0.0943. The van der Waals surface area contributed by atoms with E-state index in [1.165, 1.54) is 0 Å². The van der Waals surface area contributed by atoms with Gasteiger partial charge in [0.15, 0.2) is 11.5 Å². The Hall–Kier alpha value is -3.41. The average molecular weight is 346 g/mol. The molecule has 0 aliphatic carbocycles. The molecule has 0 fully saturated rings. The summed E-state index contributed by atoms with van der Waals surface area (Å²) in [6.07, 6.45) is 0. The van der Waals surface area contributed by atoms with Crippen LogP contribution in [0.25, 0.3) is 22.4 Å². The van der Waals surface area contributed by atoms with Gasteiger partial charge >= 0.3 is 0 Å². The zero-order valence-corrected chi connectivity index (χ0v) is 14.3. The van der Waals surface area contributed by atoms with Crippen molar-refractivity contribution in [2.24, 2.45) is 0 Å². The number of imidazole rings is 1. The average Bonchev–Trinajstić information content (AvgIpc) is 3.28. The van der Waals surface area contributed by atoms with Gasteiger partial charge in [0, 0.05) is 24.7 Å². The van der Waals surface area contributed by atoms with Gasteiger partial charge in [0.25, 0.3) is 5.91 Å². The highest BCUT2D eigenvalue weighted by Crippen LogP contribution is 2.19. The monoisotopic (exact) mass is 346 g/mol. The summed E-state index contributed by atoms with van der Waals surface area (Å²) in [7, 11) is 0. The van der Waals surface area contributed by atoms with Gasteiger partial charge in [0.05, 0.1) is 11.0 Å². The largest absolute Gasteiger partial charge is 0.355 e. The van der Waals surface area contributed by atoms with Crippen LogP contribution in [0, 0.1) is 6.92 Å². The second-order valence-electron chi connectivity index (χ2n) is 6.00. The Morgan fingerprint density at radius 1 is 1.12 bits per heavy atom. The van der Waals surface area contributed by atoms with Gasteiger partial charge in [0.1, 0.15) is 5.82 Å². The Bertz CT molecular complexity index is 1050. The topological polar surface area (TPSA) is 73.0 Å². The van der Waals surface area contributed by atoms with Gasteiger partial charge in [-0.2, -0.15) is 0 Å². The number of nitrogens with zero attached hydrogens (tertiary/aromatic N) is 3. The van der Waals surface area contributed by atoms with Crippen LogP contribution in [-0.2, 0) is 6.54 Å². The van der Waals surface area contributed by atoms with Crippen molar-refractivity contribution in [1.29, 1.82) is 0 Å². The first-order valence-corrected chi connectivity index (χ1v) is 8.44. The molecule has 4 aromatic rings. The van der Waals surface area contributed by atoms with E-state index in [1.807, 2.05) is 61.5 Å². The summed E-state index contributed by atoms with van der Waals surface area (Å²) in [6.45, 7) is 3.08. The minimum atomic E-state index is -0.252. The summed E-state index contributed by atoms with van der Waals surface area (Å²) in [5.74, 6) is 1.25. The number of aryl methyl sites for hydroxylation is 1. The maximum Gasteiger partial charge on any atom is 0.273 e. The normalized spacial score (nSPS) is 11.0. The summed E-state index contributed by atoms with van der Waals surface area (Å²) >= 11 is 0. The van der Waals surface area contributed by atoms with Crippen molar-refractivity contribution in [3.05, 3.63) is 72.2 Å². The van der Waals surface area contributed by atoms with Crippen LogP contribution in [0.1, 0.15) is 16.3 Å². The smallest absolute Gasteiger partial charge is 0.273 e. The first-order chi connectivity index (χ1) is 12.7. The highest BCUT2D eigenvalue weighted by molar-refractivity contribution is 5.93. The van der Waals surface area contributed by atoms with Crippen LogP contribution >= 0.6 is 0 Å². The van der Waals surface area contributed by atoms with E-state index in [9.17, 15) is 4.79 Å². The molecule has 0 radical (unpaired) electrons. The number of hydrogen-bond acceptors (Lipinski definition) is 4. The molecule has 2 heterocycles. The third-order valence-electron chi connectivity index (χ3n) is 4.27. The third-order valence-corrected chi connectivity index (χ3v) is 4.27. The number of carbonyl (C=O) groups is 1. The lowest BCUT2D eigenvalue weighted by atomic mass is 10.1. The van der Waals surface area contributed by atoms with Crippen LogP contribution in [0.2, 0.25) is 0 Å². The third kappa shape index (κ3) is 3.09. The van der Waals surface area contributed by atoms with Crippen molar-refractivity contribution in [2.75, 3.05) is 6.54 Å². The summed E-state index contributed by atoms with van der Waals surface area (Å²) in [4.78, 5) is 16.8. The zero-order valence-electron chi connectivity index (χ0n) is 14.3. The molecule has 2 aromatic heterocycles. The highest BCUT2D eigenvalue weighted by Gasteiger charge is 2.13. The van der Waals surface area contributed by atoms with Crippen LogP contribution < -0.4 is 5.32 Å². The van der Waals surface area contributed by atoms with E-state index >= 15 is 0 Å². The van der Waals surface area contributed by atoms with Gasteiger partial charge in [-0.15, -0.1) is 0 Å². The van der Waals surface area contributed by atoms with E-state index in [1.54, 1.807) is 6.07 Å². The number of rotatable bonds is 5. The zero-order chi connectivity index (χ0) is 17.9. The Morgan fingerprint density at radius 2 is 1.88 bits per heavy atom. The van der Waals surface area contributed by atoms with Gasteiger partial charge in [-0.25, -0.2) is 4.98 Å². The lowest BCUT2D eigenvalue weighted by Gasteiger charge is -2.07. The molecule has 6 heteroatoms. The van der Waals surface area contributed by atoms with E-state index in [-0.39, 0.29) is 11.6 Å².